The largest absolute Gasteiger partial charge is 0.312 e. The highest BCUT2D eigenvalue weighted by Crippen LogP contribution is 2.27. The topological polar surface area (TPSA) is 46.2 Å². The van der Waals surface area contributed by atoms with Crippen LogP contribution in [-0.4, -0.2) is 27.0 Å². The van der Waals surface area contributed by atoms with E-state index in [0.717, 1.165) is 5.56 Å². The molecule has 0 bridgehead atoms. The summed E-state index contributed by atoms with van der Waals surface area (Å²) in [5.41, 5.74) is 1.01. The van der Waals surface area contributed by atoms with Gasteiger partial charge in [-0.05, 0) is 18.5 Å². The van der Waals surface area contributed by atoms with Gasteiger partial charge in [0.15, 0.2) is 9.84 Å². The Morgan fingerprint density at radius 3 is 2.00 bits per heavy atom. The lowest BCUT2D eigenvalue weighted by molar-refractivity contribution is 0.444. The molecule has 1 aromatic rings. The summed E-state index contributed by atoms with van der Waals surface area (Å²) >= 11 is 0. The number of rotatable bonds is 5. The molecule has 3 nitrogen and oxygen atoms in total. The van der Waals surface area contributed by atoms with Crippen molar-refractivity contribution in [2.75, 3.05) is 13.3 Å². The van der Waals surface area contributed by atoms with Gasteiger partial charge < -0.3 is 5.32 Å². The zero-order chi connectivity index (χ0) is 13.1. The second kappa shape index (κ2) is 5.65. The van der Waals surface area contributed by atoms with Crippen molar-refractivity contribution in [1.82, 2.24) is 5.32 Å². The van der Waals surface area contributed by atoms with E-state index in [1.807, 2.05) is 44.2 Å². The maximum Gasteiger partial charge on any atom is 0.152 e. The fourth-order valence-corrected chi connectivity index (χ4v) is 4.08. The third-order valence-electron chi connectivity index (χ3n) is 2.95. The van der Waals surface area contributed by atoms with Crippen molar-refractivity contribution in [3.8, 4) is 0 Å². The van der Waals surface area contributed by atoms with E-state index in [1.165, 1.54) is 6.26 Å². The molecule has 0 saturated heterocycles. The van der Waals surface area contributed by atoms with E-state index >= 15 is 0 Å². The summed E-state index contributed by atoms with van der Waals surface area (Å²) in [7, 11) is -1.28. The summed E-state index contributed by atoms with van der Waals surface area (Å²) < 4.78 is 23.8. The van der Waals surface area contributed by atoms with Crippen LogP contribution in [0.3, 0.4) is 0 Å². The van der Waals surface area contributed by atoms with Gasteiger partial charge in [0, 0.05) is 12.3 Å². The number of hydrogen-bond donors (Lipinski definition) is 1. The lowest BCUT2D eigenvalue weighted by atomic mass is 9.96. The molecule has 1 aromatic carbocycles. The molecule has 0 aliphatic carbocycles. The molecule has 0 aliphatic heterocycles. The van der Waals surface area contributed by atoms with E-state index in [9.17, 15) is 8.42 Å². The Bertz CT molecular complexity index is 440. The van der Waals surface area contributed by atoms with Crippen molar-refractivity contribution in [3.63, 3.8) is 0 Å². The highest BCUT2D eigenvalue weighted by Gasteiger charge is 2.32. The predicted molar refractivity (Wildman–Crippen MR) is 71.7 cm³/mol. The lowest BCUT2D eigenvalue weighted by Crippen LogP contribution is -2.38. The molecule has 0 aliphatic rings. The number of hydrogen-bond acceptors (Lipinski definition) is 3. The van der Waals surface area contributed by atoms with Crippen LogP contribution in [-0.2, 0) is 9.84 Å². The van der Waals surface area contributed by atoms with Gasteiger partial charge in [-0.2, -0.15) is 0 Å². The van der Waals surface area contributed by atoms with Gasteiger partial charge in [0.2, 0.25) is 0 Å². The summed E-state index contributed by atoms with van der Waals surface area (Å²) in [6, 6.07) is 9.55. The molecule has 17 heavy (non-hydrogen) atoms. The van der Waals surface area contributed by atoms with Gasteiger partial charge >= 0.3 is 0 Å². The Kier molecular flexibility index (Phi) is 4.71. The fourth-order valence-electron chi connectivity index (χ4n) is 2.31. The molecular weight excluding hydrogens is 234 g/mol. The van der Waals surface area contributed by atoms with Crippen molar-refractivity contribution in [3.05, 3.63) is 35.9 Å². The zero-order valence-corrected chi connectivity index (χ0v) is 11.7. The molecule has 0 heterocycles. The van der Waals surface area contributed by atoms with Crippen LogP contribution in [0.1, 0.15) is 25.5 Å². The highest BCUT2D eigenvalue weighted by molar-refractivity contribution is 7.91. The maximum absolute atomic E-state index is 11.9. The van der Waals surface area contributed by atoms with Gasteiger partial charge in [-0.3, -0.25) is 0 Å². The van der Waals surface area contributed by atoms with Crippen molar-refractivity contribution in [1.29, 1.82) is 0 Å². The quantitative estimate of drug-likeness (QED) is 0.875. The number of nitrogens with one attached hydrogen (secondary N) is 1. The molecule has 0 amide bonds. The van der Waals surface area contributed by atoms with Gasteiger partial charge in [0.1, 0.15) is 0 Å². The normalized spacial score (nSPS) is 15.8. The zero-order valence-electron chi connectivity index (χ0n) is 10.8. The summed E-state index contributed by atoms with van der Waals surface area (Å²) in [5, 5.41) is 2.72. The Balaban J connectivity index is 3.16. The molecule has 0 spiro atoms. The first-order valence-electron chi connectivity index (χ1n) is 5.79. The molecular formula is C13H21NO2S. The van der Waals surface area contributed by atoms with Gasteiger partial charge in [0.25, 0.3) is 0 Å². The monoisotopic (exact) mass is 255 g/mol. The number of benzene rings is 1. The van der Waals surface area contributed by atoms with Crippen LogP contribution in [0.5, 0.6) is 0 Å². The average Bonchev–Trinajstić information content (AvgIpc) is 2.24. The second-order valence-corrected chi connectivity index (χ2v) is 6.92. The summed E-state index contributed by atoms with van der Waals surface area (Å²) in [4.78, 5) is 0. The smallest absolute Gasteiger partial charge is 0.152 e. The number of sulfone groups is 1. The summed E-state index contributed by atoms with van der Waals surface area (Å²) in [6.07, 6.45) is 1.31. The van der Waals surface area contributed by atoms with Crippen LogP contribution in [0.15, 0.2) is 30.3 Å². The van der Waals surface area contributed by atoms with Crippen LogP contribution in [0.25, 0.3) is 0 Å². The van der Waals surface area contributed by atoms with Crippen molar-refractivity contribution in [2.45, 2.75) is 25.1 Å². The van der Waals surface area contributed by atoms with Crippen LogP contribution in [0.2, 0.25) is 0 Å². The Morgan fingerprint density at radius 2 is 1.65 bits per heavy atom. The van der Waals surface area contributed by atoms with Gasteiger partial charge in [-0.1, -0.05) is 44.2 Å². The minimum Gasteiger partial charge on any atom is -0.312 e. The molecule has 0 aromatic heterocycles. The average molecular weight is 255 g/mol. The lowest BCUT2D eigenvalue weighted by Gasteiger charge is -2.28. The molecule has 4 heteroatoms. The summed E-state index contributed by atoms with van der Waals surface area (Å²) in [5.74, 6) is 0.0719. The van der Waals surface area contributed by atoms with Crippen LogP contribution >= 0.6 is 0 Å². The molecule has 2 atom stereocenters. The molecule has 2 unspecified atom stereocenters. The van der Waals surface area contributed by atoms with E-state index in [0.29, 0.717) is 0 Å². The predicted octanol–water partition coefficient (Wildman–Crippen LogP) is 2.02. The van der Waals surface area contributed by atoms with Crippen LogP contribution in [0, 0.1) is 5.92 Å². The molecule has 0 radical (unpaired) electrons. The summed E-state index contributed by atoms with van der Waals surface area (Å²) in [6.45, 7) is 3.89. The van der Waals surface area contributed by atoms with Gasteiger partial charge in [-0.15, -0.1) is 0 Å². The van der Waals surface area contributed by atoms with Gasteiger partial charge in [-0.25, -0.2) is 8.42 Å². The maximum atomic E-state index is 11.9. The second-order valence-electron chi connectivity index (χ2n) is 4.72. The first kappa shape index (κ1) is 14.2. The molecule has 1 N–H and O–H groups in total. The highest BCUT2D eigenvalue weighted by atomic mass is 32.2. The Hall–Kier alpha value is -0.870. The van der Waals surface area contributed by atoms with Crippen LogP contribution in [0.4, 0.5) is 0 Å². The van der Waals surface area contributed by atoms with Crippen molar-refractivity contribution < 1.29 is 8.42 Å². The third-order valence-corrected chi connectivity index (χ3v) is 4.75. The van der Waals surface area contributed by atoms with Gasteiger partial charge in [0.05, 0.1) is 5.25 Å². The van der Waals surface area contributed by atoms with E-state index in [-0.39, 0.29) is 12.0 Å². The molecule has 0 saturated carbocycles. The van der Waals surface area contributed by atoms with E-state index in [2.05, 4.69) is 5.32 Å². The Morgan fingerprint density at radius 1 is 1.12 bits per heavy atom. The third kappa shape index (κ3) is 3.54. The fraction of sp³-hybridized carbons (Fsp3) is 0.538. The van der Waals surface area contributed by atoms with Crippen molar-refractivity contribution >= 4 is 9.84 Å². The molecule has 96 valence electrons. The Labute approximate surface area is 104 Å². The minimum atomic E-state index is -3.09. The SMILES string of the molecule is CNC(c1ccccc1)C(C(C)C)S(C)(=O)=O. The first-order chi connectivity index (χ1) is 7.88. The first-order valence-corrected chi connectivity index (χ1v) is 7.74. The molecule has 1 rings (SSSR count). The standard InChI is InChI=1S/C13H21NO2S/c1-10(2)13(17(4,15)16)12(14-3)11-8-6-5-7-9-11/h5-10,12-14H,1-4H3. The molecule has 0 fully saturated rings. The van der Waals surface area contributed by atoms with E-state index in [1.54, 1.807) is 7.05 Å². The van der Waals surface area contributed by atoms with Crippen molar-refractivity contribution in [2.24, 2.45) is 5.92 Å². The van der Waals surface area contributed by atoms with E-state index < -0.39 is 15.1 Å². The minimum absolute atomic E-state index is 0.0719. The van der Waals surface area contributed by atoms with E-state index in [4.69, 9.17) is 0 Å². The van der Waals surface area contributed by atoms with Crippen LogP contribution < -0.4 is 5.32 Å².